The normalized spacial score (nSPS) is 8.75. The van der Waals surface area contributed by atoms with E-state index in [0.29, 0.717) is 31.4 Å². The number of rotatable bonds is 6. The quantitative estimate of drug-likeness (QED) is 0.600. The Balaban J connectivity index is -0.0000000913. The minimum atomic E-state index is -0.213. The molecule has 5 N–H and O–H groups in total. The standard InChI is InChI=1S/C5H11NO.C5H12O.C3H9NO.C2H6/c1-4(2)3-5(6)7;1-5(2)3-4-6;1-4-2-3-5;1-2/h4H,3H2,1-2H3,(H2,6,7);5-6H,3-4H2,1-2H3;4-5H,2-3H2,1H3;1-2H3. The van der Waals surface area contributed by atoms with E-state index in [0.717, 1.165) is 6.42 Å². The first-order valence-corrected chi connectivity index (χ1v) is 7.46. The molecule has 0 aromatic heterocycles. The van der Waals surface area contributed by atoms with Gasteiger partial charge >= 0.3 is 0 Å². The predicted octanol–water partition coefficient (Wildman–Crippen LogP) is 1.77. The first-order chi connectivity index (χ1) is 9.31. The molecule has 0 rings (SSSR count). The minimum Gasteiger partial charge on any atom is -0.396 e. The number of aliphatic hydroxyl groups excluding tert-OH is 2. The number of carbonyl (C=O) groups excluding carboxylic acids is 1. The number of carbonyl (C=O) groups is 1. The largest absolute Gasteiger partial charge is 0.396 e. The number of likely N-dealkylation sites (N-methyl/N-ethyl adjacent to an activating group) is 1. The van der Waals surface area contributed by atoms with Gasteiger partial charge < -0.3 is 21.3 Å². The van der Waals surface area contributed by atoms with Gasteiger partial charge in [-0.05, 0) is 25.3 Å². The van der Waals surface area contributed by atoms with Crippen LogP contribution in [0.15, 0.2) is 0 Å². The summed E-state index contributed by atoms with van der Waals surface area (Å²) in [6.45, 7) is 13.4. The number of aliphatic hydroxyl groups is 2. The molecule has 0 spiro atoms. The molecule has 126 valence electrons. The number of amides is 1. The highest BCUT2D eigenvalue weighted by molar-refractivity contribution is 5.73. The number of primary amides is 1. The Morgan fingerprint density at radius 1 is 1.05 bits per heavy atom. The van der Waals surface area contributed by atoms with Crippen LogP contribution >= 0.6 is 0 Å². The summed E-state index contributed by atoms with van der Waals surface area (Å²) in [6.07, 6.45) is 1.43. The number of hydrogen-bond acceptors (Lipinski definition) is 4. The molecule has 0 saturated carbocycles. The van der Waals surface area contributed by atoms with Crippen molar-refractivity contribution in [2.75, 3.05) is 26.8 Å². The highest BCUT2D eigenvalue weighted by atomic mass is 16.3. The molecule has 0 aromatic rings. The molecule has 20 heavy (non-hydrogen) atoms. The molecule has 0 aromatic carbocycles. The number of hydrogen-bond donors (Lipinski definition) is 4. The van der Waals surface area contributed by atoms with Gasteiger partial charge in [0.25, 0.3) is 0 Å². The molecule has 0 aliphatic heterocycles. The third kappa shape index (κ3) is 66.5. The van der Waals surface area contributed by atoms with Crippen LogP contribution in [-0.2, 0) is 4.79 Å². The molecule has 1 amide bonds. The van der Waals surface area contributed by atoms with Gasteiger partial charge in [-0.25, -0.2) is 0 Å². The first kappa shape index (κ1) is 27.7. The van der Waals surface area contributed by atoms with Crippen LogP contribution in [0.4, 0.5) is 0 Å². The lowest BCUT2D eigenvalue weighted by molar-refractivity contribution is -0.118. The smallest absolute Gasteiger partial charge is 0.217 e. The average molecular weight is 294 g/mol. The van der Waals surface area contributed by atoms with Crippen molar-refractivity contribution >= 4 is 5.91 Å². The van der Waals surface area contributed by atoms with E-state index in [1.807, 2.05) is 27.7 Å². The van der Waals surface area contributed by atoms with Gasteiger partial charge in [0, 0.05) is 19.6 Å². The lowest BCUT2D eigenvalue weighted by atomic mass is 10.1. The van der Waals surface area contributed by atoms with Gasteiger partial charge in [0.2, 0.25) is 5.91 Å². The summed E-state index contributed by atoms with van der Waals surface area (Å²) in [5.74, 6) is 0.836. The predicted molar refractivity (Wildman–Crippen MR) is 87.6 cm³/mol. The fourth-order valence-electron chi connectivity index (χ4n) is 0.772. The van der Waals surface area contributed by atoms with E-state index < -0.39 is 0 Å². The maximum Gasteiger partial charge on any atom is 0.217 e. The second kappa shape index (κ2) is 26.8. The molecule has 5 nitrogen and oxygen atoms in total. The van der Waals surface area contributed by atoms with E-state index in [2.05, 4.69) is 19.2 Å². The molecular formula is C15H38N2O3. The minimum absolute atomic E-state index is 0.213. The molecule has 0 saturated heterocycles. The Kier molecular flexibility index (Phi) is 37.1. The first-order valence-electron chi connectivity index (χ1n) is 7.46. The fraction of sp³-hybridized carbons (Fsp3) is 0.933. The Bertz CT molecular complexity index is 161. The maximum absolute atomic E-state index is 10.0. The summed E-state index contributed by atoms with van der Waals surface area (Å²) in [6, 6.07) is 0. The van der Waals surface area contributed by atoms with E-state index in [-0.39, 0.29) is 12.5 Å². The van der Waals surface area contributed by atoms with Crippen LogP contribution in [0.1, 0.15) is 54.4 Å². The Morgan fingerprint density at radius 2 is 1.50 bits per heavy atom. The summed E-state index contributed by atoms with van der Waals surface area (Å²) < 4.78 is 0. The summed E-state index contributed by atoms with van der Waals surface area (Å²) in [4.78, 5) is 10.0. The lowest BCUT2D eigenvalue weighted by Gasteiger charge is -1.95. The van der Waals surface area contributed by atoms with Crippen molar-refractivity contribution in [3.63, 3.8) is 0 Å². The van der Waals surface area contributed by atoms with E-state index in [9.17, 15) is 4.79 Å². The SMILES string of the molecule is CC.CC(C)CC(N)=O.CC(C)CCO.CNCCO. The number of nitrogens with one attached hydrogen (secondary N) is 1. The zero-order chi connectivity index (χ0) is 17.0. The zero-order valence-corrected chi connectivity index (χ0v) is 14.6. The van der Waals surface area contributed by atoms with Crippen LogP contribution in [0, 0.1) is 11.8 Å². The average Bonchev–Trinajstić information content (AvgIpc) is 2.32. The monoisotopic (exact) mass is 294 g/mol. The van der Waals surface area contributed by atoms with Crippen molar-refractivity contribution in [2.45, 2.75) is 54.4 Å². The molecule has 0 atom stereocenters. The molecule has 0 aliphatic rings. The van der Waals surface area contributed by atoms with Crippen molar-refractivity contribution in [1.29, 1.82) is 0 Å². The van der Waals surface area contributed by atoms with Crippen LogP contribution in [0.5, 0.6) is 0 Å². The van der Waals surface area contributed by atoms with E-state index in [1.165, 1.54) is 0 Å². The highest BCUT2D eigenvalue weighted by Crippen LogP contribution is 1.95. The summed E-state index contributed by atoms with van der Waals surface area (Å²) in [5.41, 5.74) is 4.85. The van der Waals surface area contributed by atoms with Crippen LogP contribution in [0.2, 0.25) is 0 Å². The van der Waals surface area contributed by atoms with E-state index in [4.69, 9.17) is 15.9 Å². The van der Waals surface area contributed by atoms with Gasteiger partial charge in [-0.15, -0.1) is 0 Å². The van der Waals surface area contributed by atoms with Crippen molar-refractivity contribution in [1.82, 2.24) is 5.32 Å². The molecule has 0 unspecified atom stereocenters. The van der Waals surface area contributed by atoms with E-state index in [1.54, 1.807) is 7.05 Å². The topological polar surface area (TPSA) is 95.6 Å². The van der Waals surface area contributed by atoms with Crippen LogP contribution in [-0.4, -0.2) is 42.9 Å². The van der Waals surface area contributed by atoms with Gasteiger partial charge in [-0.3, -0.25) is 4.79 Å². The Labute approximate surface area is 126 Å². The lowest BCUT2D eigenvalue weighted by Crippen LogP contribution is -2.12. The molecule has 0 aliphatic carbocycles. The van der Waals surface area contributed by atoms with Crippen LogP contribution < -0.4 is 11.1 Å². The van der Waals surface area contributed by atoms with Gasteiger partial charge in [-0.2, -0.15) is 0 Å². The van der Waals surface area contributed by atoms with Gasteiger partial charge in [0.05, 0.1) is 6.61 Å². The molecular weight excluding hydrogens is 256 g/mol. The van der Waals surface area contributed by atoms with E-state index >= 15 is 0 Å². The second-order valence-electron chi connectivity index (χ2n) is 4.80. The highest BCUT2D eigenvalue weighted by Gasteiger charge is 1.96. The Hall–Kier alpha value is -0.650. The van der Waals surface area contributed by atoms with Crippen LogP contribution in [0.25, 0.3) is 0 Å². The van der Waals surface area contributed by atoms with Crippen LogP contribution in [0.3, 0.4) is 0 Å². The third-order valence-electron chi connectivity index (χ3n) is 1.68. The van der Waals surface area contributed by atoms with Crippen molar-refractivity contribution in [2.24, 2.45) is 17.6 Å². The molecule has 0 bridgehead atoms. The van der Waals surface area contributed by atoms with Gasteiger partial charge in [0.1, 0.15) is 0 Å². The molecule has 0 fully saturated rings. The fourth-order valence-corrected chi connectivity index (χ4v) is 0.772. The maximum atomic E-state index is 10.0. The summed E-state index contributed by atoms with van der Waals surface area (Å²) in [7, 11) is 1.80. The molecule has 5 heteroatoms. The second-order valence-corrected chi connectivity index (χ2v) is 4.80. The van der Waals surface area contributed by atoms with Gasteiger partial charge in [0.15, 0.2) is 0 Å². The summed E-state index contributed by atoms with van der Waals surface area (Å²) >= 11 is 0. The van der Waals surface area contributed by atoms with Gasteiger partial charge in [-0.1, -0.05) is 41.5 Å². The molecule has 0 heterocycles. The summed E-state index contributed by atoms with van der Waals surface area (Å²) in [5, 5.41) is 19.0. The zero-order valence-electron chi connectivity index (χ0n) is 14.6. The van der Waals surface area contributed by atoms with Crippen molar-refractivity contribution in [3.8, 4) is 0 Å². The third-order valence-corrected chi connectivity index (χ3v) is 1.68. The molecule has 0 radical (unpaired) electrons. The van der Waals surface area contributed by atoms with Crippen molar-refractivity contribution in [3.05, 3.63) is 0 Å². The number of nitrogens with two attached hydrogens (primary N) is 1. The Morgan fingerprint density at radius 3 is 1.50 bits per heavy atom. The van der Waals surface area contributed by atoms with Crippen molar-refractivity contribution < 1.29 is 15.0 Å².